The van der Waals surface area contributed by atoms with Crippen molar-refractivity contribution in [3.8, 4) is 5.69 Å². The van der Waals surface area contributed by atoms with Crippen LogP contribution in [0.15, 0.2) is 18.2 Å². The number of thiazole rings is 1. The van der Waals surface area contributed by atoms with Gasteiger partial charge in [0.1, 0.15) is 10.3 Å². The lowest BCUT2D eigenvalue weighted by Crippen LogP contribution is -2.28. The second-order valence-corrected chi connectivity index (χ2v) is 11.2. The van der Waals surface area contributed by atoms with Crippen molar-refractivity contribution in [1.82, 2.24) is 9.55 Å². The highest BCUT2D eigenvalue weighted by Crippen LogP contribution is 2.43. The van der Waals surface area contributed by atoms with Crippen LogP contribution in [-0.2, 0) is 6.42 Å². The summed E-state index contributed by atoms with van der Waals surface area (Å²) >= 11 is 1.61. The molecule has 0 atom stereocenters. The average Bonchev–Trinajstić information content (AvgIpc) is 3.21. The Morgan fingerprint density at radius 2 is 1.97 bits per heavy atom. The van der Waals surface area contributed by atoms with E-state index in [4.69, 9.17) is 10.7 Å². The summed E-state index contributed by atoms with van der Waals surface area (Å²) in [6, 6.07) is 6.12. The maximum atomic E-state index is 13.1. The van der Waals surface area contributed by atoms with Crippen molar-refractivity contribution < 1.29 is 9.59 Å². The second kappa shape index (κ2) is 7.73. The number of nitrogens with one attached hydrogen (secondary N) is 1. The van der Waals surface area contributed by atoms with Crippen LogP contribution in [0.2, 0.25) is 0 Å². The van der Waals surface area contributed by atoms with E-state index in [2.05, 4.69) is 23.7 Å². The number of Topliss-reactive ketones (excluding diaryl/α,β-unsaturated/α-hetero) is 1. The normalized spacial score (nSPS) is 18.7. The zero-order chi connectivity index (χ0) is 22.6. The van der Waals surface area contributed by atoms with Crippen molar-refractivity contribution in [3.05, 3.63) is 40.0 Å². The molecule has 2 aliphatic carbocycles. The highest BCUT2D eigenvalue weighted by molar-refractivity contribution is 7.18. The van der Waals surface area contributed by atoms with Gasteiger partial charge in [-0.15, -0.1) is 11.3 Å². The Morgan fingerprint density at radius 1 is 1.22 bits per heavy atom. The van der Waals surface area contributed by atoms with Crippen molar-refractivity contribution >= 4 is 39.1 Å². The smallest absolute Gasteiger partial charge is 0.250 e. The molecule has 0 unspecified atom stereocenters. The molecule has 1 aromatic carbocycles. The van der Waals surface area contributed by atoms with E-state index < -0.39 is 5.91 Å². The van der Waals surface area contributed by atoms with Crippen molar-refractivity contribution in [1.29, 1.82) is 0 Å². The van der Waals surface area contributed by atoms with Crippen molar-refractivity contribution in [2.45, 2.75) is 71.8 Å². The van der Waals surface area contributed by atoms with Gasteiger partial charge in [0, 0.05) is 29.5 Å². The van der Waals surface area contributed by atoms with Crippen LogP contribution in [-0.4, -0.2) is 27.3 Å². The Bertz CT molecular complexity index is 1230. The number of benzene rings is 1. The van der Waals surface area contributed by atoms with E-state index in [1.807, 2.05) is 25.1 Å². The molecule has 2 aromatic heterocycles. The fourth-order valence-corrected chi connectivity index (χ4v) is 6.31. The molecule has 0 radical (unpaired) electrons. The monoisotopic (exact) mass is 450 g/mol. The fourth-order valence-electron chi connectivity index (χ4n) is 5.35. The number of amides is 1. The molecule has 0 aliphatic heterocycles. The predicted octanol–water partition coefficient (Wildman–Crippen LogP) is 5.39. The molecule has 32 heavy (non-hydrogen) atoms. The highest BCUT2D eigenvalue weighted by atomic mass is 32.1. The molecular formula is C25H30N4O2S. The van der Waals surface area contributed by atoms with Gasteiger partial charge < -0.3 is 15.6 Å². The highest BCUT2D eigenvalue weighted by Gasteiger charge is 2.37. The standard InChI is InChI=1S/C25H30N4O2S/c1-14-27-22-21-19(12-25(2,3)13-20(21)30)29(24(22)32-14)16-9-10-17(23(26)31)18(11-16)28-15-7-5-4-6-8-15/h9-11,15,28H,4-8,12-13H2,1-3H3,(H2,26,31). The number of hydrogen-bond donors (Lipinski definition) is 2. The SMILES string of the molecule is Cc1nc2c3c(n(-c4ccc(C(N)=O)c(NC5CCCCC5)c4)c2s1)CC(C)(C)CC3=O. The zero-order valence-corrected chi connectivity index (χ0v) is 19.8. The lowest BCUT2D eigenvalue weighted by molar-refractivity contribution is 0.0911. The summed E-state index contributed by atoms with van der Waals surface area (Å²) in [5.41, 5.74) is 10.4. The molecular weight excluding hydrogens is 420 g/mol. The topological polar surface area (TPSA) is 90.0 Å². The first-order chi connectivity index (χ1) is 15.2. The third-order valence-corrected chi connectivity index (χ3v) is 7.73. The van der Waals surface area contributed by atoms with Crippen LogP contribution in [0.5, 0.6) is 0 Å². The molecule has 7 heteroatoms. The maximum Gasteiger partial charge on any atom is 0.250 e. The molecule has 3 N–H and O–H groups in total. The van der Waals surface area contributed by atoms with Crippen LogP contribution >= 0.6 is 11.3 Å². The molecule has 6 nitrogen and oxygen atoms in total. The van der Waals surface area contributed by atoms with Gasteiger partial charge in [0.2, 0.25) is 0 Å². The van der Waals surface area contributed by atoms with E-state index in [1.54, 1.807) is 11.3 Å². The number of nitrogens with zero attached hydrogens (tertiary/aromatic N) is 2. The maximum absolute atomic E-state index is 13.1. The first-order valence-electron chi connectivity index (χ1n) is 11.5. The molecule has 3 aromatic rings. The van der Waals surface area contributed by atoms with Gasteiger partial charge in [-0.3, -0.25) is 9.59 Å². The fraction of sp³-hybridized carbons (Fsp3) is 0.480. The van der Waals surface area contributed by atoms with Crippen LogP contribution in [0.1, 0.15) is 83.8 Å². The largest absolute Gasteiger partial charge is 0.382 e. The van der Waals surface area contributed by atoms with E-state index >= 15 is 0 Å². The van der Waals surface area contributed by atoms with Crippen molar-refractivity contribution in [3.63, 3.8) is 0 Å². The number of hydrogen-bond acceptors (Lipinski definition) is 5. The van der Waals surface area contributed by atoms with Crippen LogP contribution in [0, 0.1) is 12.3 Å². The molecule has 5 rings (SSSR count). The lowest BCUT2D eigenvalue weighted by Gasteiger charge is -2.30. The molecule has 0 spiro atoms. The molecule has 0 bridgehead atoms. The number of fused-ring (bicyclic) bond motifs is 3. The first kappa shape index (κ1) is 21.2. The van der Waals surface area contributed by atoms with Gasteiger partial charge in [0.25, 0.3) is 5.91 Å². The van der Waals surface area contributed by atoms with Crippen LogP contribution < -0.4 is 11.1 Å². The number of ketones is 1. The summed E-state index contributed by atoms with van der Waals surface area (Å²) in [6.45, 7) is 6.26. The number of rotatable bonds is 4. The van der Waals surface area contributed by atoms with Crippen LogP contribution in [0.3, 0.4) is 0 Å². The van der Waals surface area contributed by atoms with Crippen molar-refractivity contribution in [2.24, 2.45) is 11.1 Å². The van der Waals surface area contributed by atoms with E-state index in [0.717, 1.165) is 57.2 Å². The molecule has 2 heterocycles. The zero-order valence-electron chi connectivity index (χ0n) is 19.0. The Labute approximate surface area is 192 Å². The number of nitrogens with two attached hydrogens (primary N) is 1. The Kier molecular flexibility index (Phi) is 5.12. The first-order valence-corrected chi connectivity index (χ1v) is 12.3. The molecule has 2 aliphatic rings. The number of carbonyl (C=O) groups is 2. The van der Waals surface area contributed by atoms with Crippen molar-refractivity contribution in [2.75, 3.05) is 5.32 Å². The number of aryl methyl sites for hydroxylation is 1. The summed E-state index contributed by atoms with van der Waals surface area (Å²) in [5, 5.41) is 4.54. The summed E-state index contributed by atoms with van der Waals surface area (Å²) in [6.07, 6.45) is 7.20. The molecule has 1 saturated carbocycles. The Balaban J connectivity index is 1.68. The number of aromatic nitrogens is 2. The Hall–Kier alpha value is -2.67. The molecule has 1 fully saturated rings. The van der Waals surface area contributed by atoms with Gasteiger partial charge in [-0.25, -0.2) is 4.98 Å². The third-order valence-electron chi connectivity index (χ3n) is 6.77. The minimum Gasteiger partial charge on any atom is -0.382 e. The molecule has 1 amide bonds. The number of primary amides is 1. The predicted molar refractivity (Wildman–Crippen MR) is 129 cm³/mol. The van der Waals surface area contributed by atoms with Crippen LogP contribution in [0.25, 0.3) is 16.0 Å². The second-order valence-electron chi connectivity index (χ2n) is 10.1. The van der Waals surface area contributed by atoms with Gasteiger partial charge in [-0.2, -0.15) is 0 Å². The lowest BCUT2D eigenvalue weighted by atomic mass is 9.76. The third kappa shape index (κ3) is 3.62. The van der Waals surface area contributed by atoms with Gasteiger partial charge in [-0.1, -0.05) is 33.1 Å². The minimum atomic E-state index is -0.431. The minimum absolute atomic E-state index is 0.103. The quantitative estimate of drug-likeness (QED) is 0.557. The van der Waals surface area contributed by atoms with E-state index in [1.165, 1.54) is 19.3 Å². The van der Waals surface area contributed by atoms with Gasteiger partial charge >= 0.3 is 0 Å². The summed E-state index contributed by atoms with van der Waals surface area (Å²) in [5.74, 6) is -0.265. The number of anilines is 1. The van der Waals surface area contributed by atoms with Gasteiger partial charge in [0.15, 0.2) is 5.78 Å². The number of carbonyl (C=O) groups excluding carboxylic acids is 2. The van der Waals surface area contributed by atoms with Crippen LogP contribution in [0.4, 0.5) is 5.69 Å². The summed E-state index contributed by atoms with van der Waals surface area (Å²) < 4.78 is 2.19. The van der Waals surface area contributed by atoms with E-state index in [-0.39, 0.29) is 11.2 Å². The van der Waals surface area contributed by atoms with Gasteiger partial charge in [0.05, 0.1) is 16.1 Å². The van der Waals surface area contributed by atoms with Gasteiger partial charge in [-0.05, 0) is 49.8 Å². The average molecular weight is 451 g/mol. The molecule has 168 valence electrons. The Morgan fingerprint density at radius 3 is 2.69 bits per heavy atom. The molecule has 0 saturated heterocycles. The van der Waals surface area contributed by atoms with E-state index in [0.29, 0.717) is 18.0 Å². The summed E-state index contributed by atoms with van der Waals surface area (Å²) in [7, 11) is 0. The summed E-state index contributed by atoms with van der Waals surface area (Å²) in [4.78, 5) is 31.0. The van der Waals surface area contributed by atoms with E-state index in [9.17, 15) is 9.59 Å².